The summed E-state index contributed by atoms with van der Waals surface area (Å²) in [5.74, 6) is -0.355. The molecule has 1 fully saturated rings. The maximum Gasteiger partial charge on any atom is 0.290 e. The molecular formula is C12H8N2O3S. The van der Waals surface area contributed by atoms with E-state index in [9.17, 15) is 9.59 Å². The molecule has 1 aromatic carbocycles. The first-order valence-electron chi connectivity index (χ1n) is 5.24. The van der Waals surface area contributed by atoms with Crippen LogP contribution in [0.2, 0.25) is 0 Å². The second-order valence-electron chi connectivity index (χ2n) is 3.88. The van der Waals surface area contributed by atoms with E-state index in [0.717, 1.165) is 28.4 Å². The van der Waals surface area contributed by atoms with Crippen LogP contribution in [0.15, 0.2) is 27.6 Å². The van der Waals surface area contributed by atoms with Gasteiger partial charge in [0.2, 0.25) is 0 Å². The average Bonchev–Trinajstić information content (AvgIpc) is 2.84. The summed E-state index contributed by atoms with van der Waals surface area (Å²) in [5, 5.41) is 6.64. The summed E-state index contributed by atoms with van der Waals surface area (Å²) >= 11 is 0.903. The molecular weight excluding hydrogens is 252 g/mol. The summed E-state index contributed by atoms with van der Waals surface area (Å²) in [4.78, 5) is 22.9. The number of aromatic nitrogens is 1. The molecule has 0 bridgehead atoms. The number of rotatable bonds is 1. The van der Waals surface area contributed by atoms with Gasteiger partial charge in [-0.2, -0.15) is 0 Å². The molecule has 1 aromatic heterocycles. The van der Waals surface area contributed by atoms with Crippen molar-refractivity contribution in [2.45, 2.75) is 6.92 Å². The van der Waals surface area contributed by atoms with Crippen LogP contribution in [-0.2, 0) is 4.79 Å². The van der Waals surface area contributed by atoms with Crippen LogP contribution in [0, 0.1) is 6.92 Å². The Morgan fingerprint density at radius 2 is 2.22 bits per heavy atom. The molecule has 1 aliphatic heterocycles. The Morgan fingerprint density at radius 3 is 2.94 bits per heavy atom. The lowest BCUT2D eigenvalue weighted by Gasteiger charge is -1.95. The number of carbonyl (C=O) groups excluding carboxylic acids is 2. The van der Waals surface area contributed by atoms with Crippen molar-refractivity contribution in [1.82, 2.24) is 10.5 Å². The lowest BCUT2D eigenvalue weighted by Crippen LogP contribution is -2.17. The minimum atomic E-state index is -0.355. The molecule has 90 valence electrons. The number of carbonyl (C=O) groups is 2. The molecule has 5 nitrogen and oxygen atoms in total. The van der Waals surface area contributed by atoms with Crippen LogP contribution in [0.25, 0.3) is 17.0 Å². The molecule has 0 atom stereocenters. The van der Waals surface area contributed by atoms with Gasteiger partial charge < -0.3 is 4.52 Å². The highest BCUT2D eigenvalue weighted by Gasteiger charge is 2.24. The van der Waals surface area contributed by atoms with Crippen LogP contribution in [0.4, 0.5) is 4.79 Å². The van der Waals surface area contributed by atoms with Gasteiger partial charge in [0.25, 0.3) is 11.1 Å². The molecule has 1 N–H and O–H groups in total. The summed E-state index contributed by atoms with van der Waals surface area (Å²) in [7, 11) is 0. The van der Waals surface area contributed by atoms with Gasteiger partial charge >= 0.3 is 0 Å². The monoisotopic (exact) mass is 260 g/mol. The maximum atomic E-state index is 11.4. The number of imide groups is 1. The summed E-state index contributed by atoms with van der Waals surface area (Å²) in [6, 6.07) is 5.49. The van der Waals surface area contributed by atoms with Gasteiger partial charge in [-0.3, -0.25) is 14.9 Å². The van der Waals surface area contributed by atoms with Gasteiger partial charge in [0.1, 0.15) is 0 Å². The van der Waals surface area contributed by atoms with E-state index in [0.29, 0.717) is 10.5 Å². The lowest BCUT2D eigenvalue weighted by atomic mass is 10.1. The van der Waals surface area contributed by atoms with E-state index in [1.807, 2.05) is 19.1 Å². The Hall–Kier alpha value is -2.08. The summed E-state index contributed by atoms with van der Waals surface area (Å²) in [6.07, 6.45) is 1.68. The summed E-state index contributed by atoms with van der Waals surface area (Å²) in [6.45, 7) is 1.85. The topological polar surface area (TPSA) is 72.2 Å². The van der Waals surface area contributed by atoms with Gasteiger partial charge in [-0.05, 0) is 42.5 Å². The number of amides is 2. The Labute approximate surface area is 106 Å². The molecule has 0 saturated carbocycles. The minimum absolute atomic E-state index is 0.339. The second-order valence-corrected chi connectivity index (χ2v) is 4.89. The molecule has 0 spiro atoms. The van der Waals surface area contributed by atoms with E-state index in [1.165, 1.54) is 0 Å². The van der Waals surface area contributed by atoms with Crippen molar-refractivity contribution in [3.63, 3.8) is 0 Å². The Balaban J connectivity index is 2.04. The molecule has 18 heavy (non-hydrogen) atoms. The number of thioether (sulfide) groups is 1. The maximum absolute atomic E-state index is 11.4. The Kier molecular flexibility index (Phi) is 2.45. The largest absolute Gasteiger partial charge is 0.356 e. The van der Waals surface area contributed by atoms with E-state index in [2.05, 4.69) is 10.5 Å². The van der Waals surface area contributed by atoms with Crippen LogP contribution in [0.1, 0.15) is 11.3 Å². The molecule has 2 amide bonds. The van der Waals surface area contributed by atoms with Crippen molar-refractivity contribution in [2.24, 2.45) is 0 Å². The number of hydrogen-bond acceptors (Lipinski definition) is 5. The standard InChI is InChI=1S/C12H8N2O3S/c1-6-8-4-7(2-3-9(8)17-14-6)5-10-11(15)13-12(16)18-10/h2-5H,1H3,(H,13,15,16)/b10-5-. The van der Waals surface area contributed by atoms with Gasteiger partial charge in [-0.25, -0.2) is 0 Å². The fraction of sp³-hybridized carbons (Fsp3) is 0.0833. The highest BCUT2D eigenvalue weighted by atomic mass is 32.2. The Bertz CT molecular complexity index is 702. The zero-order chi connectivity index (χ0) is 12.7. The van der Waals surface area contributed by atoms with Crippen molar-refractivity contribution >= 4 is 40.0 Å². The van der Waals surface area contributed by atoms with Crippen LogP contribution < -0.4 is 5.32 Å². The smallest absolute Gasteiger partial charge is 0.290 e. The molecule has 1 saturated heterocycles. The van der Waals surface area contributed by atoms with Gasteiger partial charge in [0.05, 0.1) is 10.6 Å². The molecule has 2 heterocycles. The number of fused-ring (bicyclic) bond motifs is 1. The average molecular weight is 260 g/mol. The van der Waals surface area contributed by atoms with Gasteiger partial charge in [0, 0.05) is 5.39 Å². The zero-order valence-corrected chi connectivity index (χ0v) is 10.2. The van der Waals surface area contributed by atoms with Gasteiger partial charge in [-0.15, -0.1) is 0 Å². The molecule has 1 aliphatic rings. The molecule has 0 radical (unpaired) electrons. The third-order valence-corrected chi connectivity index (χ3v) is 3.42. The minimum Gasteiger partial charge on any atom is -0.356 e. The van der Waals surface area contributed by atoms with Crippen molar-refractivity contribution in [3.8, 4) is 0 Å². The fourth-order valence-electron chi connectivity index (χ4n) is 1.74. The quantitative estimate of drug-likeness (QED) is 0.797. The highest BCUT2D eigenvalue weighted by Crippen LogP contribution is 2.27. The van der Waals surface area contributed by atoms with Crippen molar-refractivity contribution in [1.29, 1.82) is 0 Å². The van der Waals surface area contributed by atoms with E-state index in [4.69, 9.17) is 4.52 Å². The third kappa shape index (κ3) is 1.80. The second kappa shape index (κ2) is 3.99. The predicted molar refractivity (Wildman–Crippen MR) is 67.9 cm³/mol. The zero-order valence-electron chi connectivity index (χ0n) is 9.39. The van der Waals surface area contributed by atoms with Crippen LogP contribution in [0.3, 0.4) is 0 Å². The number of hydrogen-bond donors (Lipinski definition) is 1. The van der Waals surface area contributed by atoms with Crippen molar-refractivity contribution in [3.05, 3.63) is 34.4 Å². The predicted octanol–water partition coefficient (Wildman–Crippen LogP) is 2.46. The first-order chi connectivity index (χ1) is 8.63. The Morgan fingerprint density at radius 1 is 1.39 bits per heavy atom. The van der Waals surface area contributed by atoms with E-state index < -0.39 is 0 Å². The molecule has 3 rings (SSSR count). The van der Waals surface area contributed by atoms with Crippen LogP contribution in [-0.4, -0.2) is 16.3 Å². The number of nitrogens with one attached hydrogen (secondary N) is 1. The van der Waals surface area contributed by atoms with E-state index in [-0.39, 0.29) is 11.1 Å². The summed E-state index contributed by atoms with van der Waals surface area (Å²) in [5.41, 5.74) is 2.33. The molecule has 0 unspecified atom stereocenters. The molecule has 2 aromatic rings. The third-order valence-electron chi connectivity index (χ3n) is 2.61. The van der Waals surface area contributed by atoms with Gasteiger partial charge in [0.15, 0.2) is 5.58 Å². The lowest BCUT2D eigenvalue weighted by molar-refractivity contribution is -0.115. The first-order valence-corrected chi connectivity index (χ1v) is 6.06. The highest BCUT2D eigenvalue weighted by molar-refractivity contribution is 8.18. The SMILES string of the molecule is Cc1noc2ccc(/C=C3\SC(=O)NC3=O)cc12. The van der Waals surface area contributed by atoms with Crippen molar-refractivity contribution < 1.29 is 14.1 Å². The van der Waals surface area contributed by atoms with E-state index in [1.54, 1.807) is 12.1 Å². The van der Waals surface area contributed by atoms with Crippen LogP contribution in [0.5, 0.6) is 0 Å². The van der Waals surface area contributed by atoms with Crippen LogP contribution >= 0.6 is 11.8 Å². The molecule has 0 aliphatic carbocycles. The first kappa shape index (κ1) is 11.0. The normalized spacial score (nSPS) is 17.7. The number of nitrogens with zero attached hydrogens (tertiary/aromatic N) is 1. The number of aryl methyl sites for hydroxylation is 1. The van der Waals surface area contributed by atoms with Crippen molar-refractivity contribution in [2.75, 3.05) is 0 Å². The van der Waals surface area contributed by atoms with E-state index >= 15 is 0 Å². The summed E-state index contributed by atoms with van der Waals surface area (Å²) < 4.78 is 5.10. The van der Waals surface area contributed by atoms with Gasteiger partial charge in [-0.1, -0.05) is 11.2 Å². The fourth-order valence-corrected chi connectivity index (χ4v) is 2.42. The molecule has 6 heteroatoms. The number of benzene rings is 1.